The average Bonchev–Trinajstić information content (AvgIpc) is 3.50. The molecule has 56 heavy (non-hydrogen) atoms. The summed E-state index contributed by atoms with van der Waals surface area (Å²) in [5.74, 6) is 0. The van der Waals surface area contributed by atoms with Crippen LogP contribution >= 0.6 is 0 Å². The van der Waals surface area contributed by atoms with Gasteiger partial charge in [-0.2, -0.15) is 0 Å². The molecule has 0 saturated carbocycles. The highest BCUT2D eigenvalue weighted by Crippen LogP contribution is 2.58. The Morgan fingerprint density at radius 3 is 1.57 bits per heavy atom. The molecule has 0 atom stereocenters. The largest absolute Gasteiger partial charge is 0.355 e. The zero-order valence-corrected chi connectivity index (χ0v) is 31.6. The molecule has 1 heteroatoms. The second kappa shape index (κ2) is 13.7. The van der Waals surface area contributed by atoms with Crippen molar-refractivity contribution in [2.45, 2.75) is 19.3 Å². The monoisotopic (exact) mass is 715 g/mol. The Hall–Kier alpha value is -6.96. The summed E-state index contributed by atoms with van der Waals surface area (Å²) in [6, 6.07) is 75.0. The quantitative estimate of drug-likeness (QED) is 0.173. The number of anilines is 2. The minimum atomic E-state index is -0.256. The standard InChI is InChI=1S/C55H41N/c1-55(2)50-27-14-13-25-48(50)53-49(47-26-15-21-40-20-9-10-24-46(40)47)36-51(56-43-34-32-38(33-35-43)37-16-5-3-6-17-37)52(54(53)55)42-30-28-41(29-31-42)45-23-12-11-22-44(45)39-18-7-4-8-19-39/h3-36,56H,1-2H3. The summed E-state index contributed by atoms with van der Waals surface area (Å²) in [6.45, 7) is 4.80. The Balaban J connectivity index is 1.20. The van der Waals surface area contributed by atoms with Crippen molar-refractivity contribution in [3.05, 3.63) is 217 Å². The summed E-state index contributed by atoms with van der Waals surface area (Å²) in [4.78, 5) is 0. The van der Waals surface area contributed by atoms with E-state index in [9.17, 15) is 0 Å². The van der Waals surface area contributed by atoms with Gasteiger partial charge in [-0.1, -0.05) is 202 Å². The lowest BCUT2D eigenvalue weighted by Gasteiger charge is -2.28. The molecule has 0 radical (unpaired) electrons. The van der Waals surface area contributed by atoms with Crippen LogP contribution in [0.15, 0.2) is 206 Å². The Morgan fingerprint density at radius 1 is 0.357 bits per heavy atom. The molecule has 266 valence electrons. The fraction of sp³-hybridized carbons (Fsp3) is 0.0545. The Morgan fingerprint density at radius 2 is 0.857 bits per heavy atom. The van der Waals surface area contributed by atoms with E-state index in [-0.39, 0.29) is 5.41 Å². The van der Waals surface area contributed by atoms with Gasteiger partial charge in [0.25, 0.3) is 0 Å². The molecule has 0 aromatic heterocycles. The van der Waals surface area contributed by atoms with Gasteiger partial charge in [-0.25, -0.2) is 0 Å². The zero-order valence-electron chi connectivity index (χ0n) is 31.6. The van der Waals surface area contributed by atoms with Crippen LogP contribution in [-0.2, 0) is 5.41 Å². The summed E-state index contributed by atoms with van der Waals surface area (Å²) in [5.41, 5.74) is 19.4. The van der Waals surface area contributed by atoms with Crippen molar-refractivity contribution >= 4 is 22.1 Å². The first-order valence-corrected chi connectivity index (χ1v) is 19.5. The predicted octanol–water partition coefficient (Wildman–Crippen LogP) is 15.2. The highest BCUT2D eigenvalue weighted by atomic mass is 14.9. The van der Waals surface area contributed by atoms with E-state index in [0.717, 1.165) is 11.4 Å². The van der Waals surface area contributed by atoms with Crippen LogP contribution in [0.3, 0.4) is 0 Å². The summed E-state index contributed by atoms with van der Waals surface area (Å²) in [7, 11) is 0. The molecule has 10 rings (SSSR count). The maximum Gasteiger partial charge on any atom is 0.0473 e. The molecule has 1 aliphatic rings. The SMILES string of the molecule is CC1(C)c2ccccc2-c2c(-c3cccc4ccccc34)cc(Nc3ccc(-c4ccccc4)cc3)c(-c3ccc(-c4ccccc4-c4ccccc4)cc3)c21. The number of hydrogen-bond acceptors (Lipinski definition) is 1. The molecule has 1 aliphatic carbocycles. The van der Waals surface area contributed by atoms with Gasteiger partial charge in [-0.15, -0.1) is 0 Å². The van der Waals surface area contributed by atoms with Crippen molar-refractivity contribution in [3.63, 3.8) is 0 Å². The molecule has 0 bridgehead atoms. The minimum Gasteiger partial charge on any atom is -0.355 e. The van der Waals surface area contributed by atoms with Gasteiger partial charge >= 0.3 is 0 Å². The van der Waals surface area contributed by atoms with Crippen LogP contribution in [-0.4, -0.2) is 0 Å². The number of hydrogen-bond donors (Lipinski definition) is 1. The van der Waals surface area contributed by atoms with Crippen LogP contribution < -0.4 is 5.32 Å². The van der Waals surface area contributed by atoms with Crippen LogP contribution in [0.2, 0.25) is 0 Å². The smallest absolute Gasteiger partial charge is 0.0473 e. The van der Waals surface area contributed by atoms with Crippen molar-refractivity contribution in [2.75, 3.05) is 5.32 Å². The van der Waals surface area contributed by atoms with Crippen LogP contribution in [0.4, 0.5) is 11.4 Å². The molecule has 1 nitrogen and oxygen atoms in total. The third-order valence-electron chi connectivity index (χ3n) is 11.7. The highest BCUT2D eigenvalue weighted by Gasteiger charge is 2.40. The molecule has 0 aliphatic heterocycles. The highest BCUT2D eigenvalue weighted by molar-refractivity contribution is 6.07. The first kappa shape index (κ1) is 33.6. The van der Waals surface area contributed by atoms with Gasteiger partial charge in [0.1, 0.15) is 0 Å². The van der Waals surface area contributed by atoms with E-state index in [1.165, 1.54) is 88.7 Å². The van der Waals surface area contributed by atoms with Crippen LogP contribution in [0.5, 0.6) is 0 Å². The van der Waals surface area contributed by atoms with Crippen molar-refractivity contribution in [1.29, 1.82) is 0 Å². The second-order valence-electron chi connectivity index (χ2n) is 15.4. The molecule has 0 spiro atoms. The number of nitrogens with one attached hydrogen (secondary N) is 1. The molecule has 0 heterocycles. The summed E-state index contributed by atoms with van der Waals surface area (Å²) in [5, 5.41) is 6.48. The van der Waals surface area contributed by atoms with E-state index >= 15 is 0 Å². The molecular weight excluding hydrogens is 675 g/mol. The first-order chi connectivity index (χ1) is 27.5. The van der Waals surface area contributed by atoms with Crippen LogP contribution in [0.1, 0.15) is 25.0 Å². The first-order valence-electron chi connectivity index (χ1n) is 19.5. The van der Waals surface area contributed by atoms with E-state index in [0.29, 0.717) is 0 Å². The number of fused-ring (bicyclic) bond motifs is 4. The fourth-order valence-electron chi connectivity index (χ4n) is 8.99. The van der Waals surface area contributed by atoms with Crippen LogP contribution in [0.25, 0.3) is 77.5 Å². The third-order valence-corrected chi connectivity index (χ3v) is 11.7. The van der Waals surface area contributed by atoms with E-state index in [1.807, 2.05) is 0 Å². The van der Waals surface area contributed by atoms with E-state index in [1.54, 1.807) is 0 Å². The average molecular weight is 716 g/mol. The molecule has 9 aromatic carbocycles. The van der Waals surface area contributed by atoms with Gasteiger partial charge in [0.15, 0.2) is 0 Å². The van der Waals surface area contributed by atoms with Crippen molar-refractivity contribution < 1.29 is 0 Å². The maximum absolute atomic E-state index is 3.98. The third kappa shape index (κ3) is 5.72. The number of benzene rings is 9. The summed E-state index contributed by atoms with van der Waals surface area (Å²) < 4.78 is 0. The molecule has 0 fully saturated rings. The summed E-state index contributed by atoms with van der Waals surface area (Å²) >= 11 is 0. The molecule has 0 unspecified atom stereocenters. The normalized spacial score (nSPS) is 12.6. The zero-order chi connectivity index (χ0) is 37.6. The van der Waals surface area contributed by atoms with Gasteiger partial charge in [0.05, 0.1) is 0 Å². The molecule has 0 amide bonds. The second-order valence-corrected chi connectivity index (χ2v) is 15.4. The molecular formula is C55H41N. The Bertz CT molecular complexity index is 2860. The van der Waals surface area contributed by atoms with Crippen molar-refractivity contribution in [1.82, 2.24) is 0 Å². The minimum absolute atomic E-state index is 0.256. The van der Waals surface area contributed by atoms with Gasteiger partial charge in [-0.3, -0.25) is 0 Å². The van der Waals surface area contributed by atoms with Gasteiger partial charge in [0.2, 0.25) is 0 Å². The van der Waals surface area contributed by atoms with Gasteiger partial charge in [0, 0.05) is 22.4 Å². The van der Waals surface area contributed by atoms with Crippen molar-refractivity contribution in [3.8, 4) is 66.8 Å². The Labute approximate surface area is 329 Å². The lowest BCUT2D eigenvalue weighted by atomic mass is 9.76. The number of rotatable bonds is 7. The van der Waals surface area contributed by atoms with E-state index < -0.39 is 0 Å². The van der Waals surface area contributed by atoms with Gasteiger partial charge in [-0.05, 0) is 101 Å². The van der Waals surface area contributed by atoms with Crippen molar-refractivity contribution in [2.24, 2.45) is 0 Å². The topological polar surface area (TPSA) is 12.0 Å². The lowest BCUT2D eigenvalue weighted by Crippen LogP contribution is -2.17. The Kier molecular flexibility index (Phi) is 8.23. The summed E-state index contributed by atoms with van der Waals surface area (Å²) in [6.07, 6.45) is 0. The predicted molar refractivity (Wildman–Crippen MR) is 238 cm³/mol. The van der Waals surface area contributed by atoms with E-state index in [2.05, 4.69) is 225 Å². The molecule has 1 N–H and O–H groups in total. The van der Waals surface area contributed by atoms with Gasteiger partial charge < -0.3 is 5.32 Å². The molecule has 9 aromatic rings. The fourth-order valence-corrected chi connectivity index (χ4v) is 8.99. The molecule has 0 saturated heterocycles. The lowest BCUT2D eigenvalue weighted by molar-refractivity contribution is 0.662. The maximum atomic E-state index is 3.98. The van der Waals surface area contributed by atoms with Crippen LogP contribution in [0, 0.1) is 0 Å². The van der Waals surface area contributed by atoms with E-state index in [4.69, 9.17) is 0 Å².